The van der Waals surface area contributed by atoms with Crippen molar-refractivity contribution < 1.29 is 8.98 Å². The molecule has 4 heteroatoms. The fraction of sp³-hybridized carbons (Fsp3) is 0.933. The molecule has 0 fully saturated rings. The predicted octanol–water partition coefficient (Wildman–Crippen LogP) is 4.27. The van der Waals surface area contributed by atoms with Crippen LogP contribution in [0.5, 0.6) is 0 Å². The second-order valence-electron chi connectivity index (χ2n) is 5.22. The van der Waals surface area contributed by atoms with Crippen LogP contribution < -0.4 is 5.32 Å². The minimum absolute atomic E-state index is 0.0778. The Morgan fingerprint density at radius 2 is 1.47 bits per heavy atom. The Labute approximate surface area is 124 Å². The molecule has 0 saturated carbocycles. The Morgan fingerprint density at radius 1 is 1.00 bits per heavy atom. The summed E-state index contributed by atoms with van der Waals surface area (Å²) in [5, 5.41) is 2.85. The molecular formula is C15H31NO2S. The fourth-order valence-corrected chi connectivity index (χ4v) is 2.11. The van der Waals surface area contributed by atoms with Crippen LogP contribution in [-0.2, 0) is 8.98 Å². The minimum Gasteiger partial charge on any atom is -0.354 e. The van der Waals surface area contributed by atoms with Crippen molar-refractivity contribution in [2.45, 2.75) is 84.2 Å². The smallest absolute Gasteiger partial charge is 0.250 e. The van der Waals surface area contributed by atoms with Gasteiger partial charge in [-0.05, 0) is 26.3 Å². The van der Waals surface area contributed by atoms with Crippen molar-refractivity contribution in [2.75, 3.05) is 6.54 Å². The second kappa shape index (κ2) is 14.2. The Hall–Kier alpha value is -0.220. The van der Waals surface area contributed by atoms with Crippen molar-refractivity contribution in [1.82, 2.24) is 5.32 Å². The summed E-state index contributed by atoms with van der Waals surface area (Å²) in [6, 6.07) is 0. The van der Waals surface area contributed by atoms with Gasteiger partial charge in [0.15, 0.2) is 0 Å². The van der Waals surface area contributed by atoms with Crippen molar-refractivity contribution in [3.8, 4) is 0 Å². The molecule has 0 heterocycles. The molecule has 1 unspecified atom stereocenters. The molecule has 19 heavy (non-hydrogen) atoms. The van der Waals surface area contributed by atoms with E-state index in [-0.39, 0.29) is 5.91 Å². The van der Waals surface area contributed by atoms with Gasteiger partial charge in [-0.1, -0.05) is 64.7 Å². The first-order valence-electron chi connectivity index (χ1n) is 7.80. The lowest BCUT2D eigenvalue weighted by atomic mass is 10.1. The summed E-state index contributed by atoms with van der Waals surface area (Å²) >= 11 is 3.63. The van der Waals surface area contributed by atoms with Gasteiger partial charge in [0, 0.05) is 6.54 Å². The third-order valence-corrected chi connectivity index (χ3v) is 3.67. The molecule has 0 aliphatic heterocycles. The molecule has 1 amide bonds. The normalized spacial score (nSPS) is 12.4. The Bertz CT molecular complexity index is 212. The Morgan fingerprint density at radius 3 is 1.95 bits per heavy atom. The van der Waals surface area contributed by atoms with E-state index >= 15 is 0 Å². The van der Waals surface area contributed by atoms with Gasteiger partial charge in [-0.25, -0.2) is 0 Å². The molecule has 114 valence electrons. The van der Waals surface area contributed by atoms with Crippen LogP contribution in [0.2, 0.25) is 0 Å². The number of carbonyl (C=O) groups is 1. The highest BCUT2D eigenvalue weighted by Crippen LogP contribution is 2.10. The number of hydrogen-bond donors (Lipinski definition) is 2. The van der Waals surface area contributed by atoms with Gasteiger partial charge in [0.05, 0.1) is 0 Å². The summed E-state index contributed by atoms with van der Waals surface area (Å²) in [7, 11) is 0. The van der Waals surface area contributed by atoms with Crippen LogP contribution in [0.4, 0.5) is 0 Å². The van der Waals surface area contributed by atoms with Crippen LogP contribution in [0.25, 0.3) is 0 Å². The van der Waals surface area contributed by atoms with E-state index in [2.05, 4.69) is 29.3 Å². The lowest BCUT2D eigenvalue weighted by Gasteiger charge is -2.09. The maximum absolute atomic E-state index is 11.3. The number of carbonyl (C=O) groups excluding carboxylic acids is 1. The molecule has 0 radical (unpaired) electrons. The first-order valence-corrected chi connectivity index (χ1v) is 8.16. The maximum atomic E-state index is 11.3. The van der Waals surface area contributed by atoms with Gasteiger partial charge in [0.1, 0.15) is 6.10 Å². The van der Waals surface area contributed by atoms with Crippen molar-refractivity contribution in [2.24, 2.45) is 0 Å². The maximum Gasteiger partial charge on any atom is 0.250 e. The summed E-state index contributed by atoms with van der Waals surface area (Å²) in [4.78, 5) is 11.3. The van der Waals surface area contributed by atoms with E-state index in [4.69, 9.17) is 0 Å². The van der Waals surface area contributed by atoms with Gasteiger partial charge < -0.3 is 9.50 Å². The van der Waals surface area contributed by atoms with E-state index in [0.29, 0.717) is 0 Å². The van der Waals surface area contributed by atoms with Crippen molar-refractivity contribution >= 4 is 18.8 Å². The zero-order valence-corrected chi connectivity index (χ0v) is 13.5. The number of thiol groups is 1. The largest absolute Gasteiger partial charge is 0.354 e. The zero-order chi connectivity index (χ0) is 14.3. The third-order valence-electron chi connectivity index (χ3n) is 3.36. The molecule has 0 aliphatic rings. The van der Waals surface area contributed by atoms with Gasteiger partial charge in [-0.15, -0.1) is 0 Å². The van der Waals surface area contributed by atoms with Crippen LogP contribution in [0.1, 0.15) is 78.1 Å². The van der Waals surface area contributed by atoms with E-state index in [1.54, 1.807) is 6.92 Å². The van der Waals surface area contributed by atoms with Crippen LogP contribution in [0.3, 0.4) is 0 Å². The van der Waals surface area contributed by atoms with Gasteiger partial charge in [0.25, 0.3) is 0 Å². The molecule has 0 saturated heterocycles. The second-order valence-corrected chi connectivity index (χ2v) is 5.43. The van der Waals surface area contributed by atoms with E-state index in [1.807, 2.05) is 0 Å². The molecule has 0 aromatic heterocycles. The molecule has 0 rings (SSSR count). The van der Waals surface area contributed by atoms with Crippen LogP contribution in [0, 0.1) is 0 Å². The average molecular weight is 289 g/mol. The molecule has 0 aliphatic carbocycles. The predicted molar refractivity (Wildman–Crippen MR) is 84.4 cm³/mol. The Kier molecular flexibility index (Phi) is 14.0. The third kappa shape index (κ3) is 12.6. The highest BCUT2D eigenvalue weighted by molar-refractivity contribution is 7.75. The Balaban J connectivity index is 3.13. The number of amides is 1. The molecule has 1 atom stereocenters. The van der Waals surface area contributed by atoms with E-state index < -0.39 is 6.10 Å². The van der Waals surface area contributed by atoms with Crippen LogP contribution in [-0.4, -0.2) is 18.6 Å². The molecule has 3 nitrogen and oxygen atoms in total. The van der Waals surface area contributed by atoms with Gasteiger partial charge >= 0.3 is 0 Å². The monoisotopic (exact) mass is 289 g/mol. The highest BCUT2D eigenvalue weighted by atomic mass is 32.1. The van der Waals surface area contributed by atoms with Crippen molar-refractivity contribution in [1.29, 1.82) is 0 Å². The van der Waals surface area contributed by atoms with Crippen molar-refractivity contribution in [3.05, 3.63) is 0 Å². The number of nitrogens with one attached hydrogen (secondary N) is 1. The molecule has 0 bridgehead atoms. The average Bonchev–Trinajstić information content (AvgIpc) is 2.43. The van der Waals surface area contributed by atoms with Crippen molar-refractivity contribution in [3.63, 3.8) is 0 Å². The van der Waals surface area contributed by atoms with E-state index in [0.717, 1.165) is 13.0 Å². The topological polar surface area (TPSA) is 38.3 Å². The lowest BCUT2D eigenvalue weighted by Crippen LogP contribution is -2.33. The summed E-state index contributed by atoms with van der Waals surface area (Å²) in [6.45, 7) is 4.69. The lowest BCUT2D eigenvalue weighted by molar-refractivity contribution is -0.126. The summed E-state index contributed by atoms with van der Waals surface area (Å²) in [5.41, 5.74) is 0. The van der Waals surface area contributed by atoms with Crippen LogP contribution >= 0.6 is 12.9 Å². The molecule has 0 aromatic rings. The number of hydrogen-bond acceptors (Lipinski definition) is 3. The molecule has 0 aromatic carbocycles. The summed E-state index contributed by atoms with van der Waals surface area (Å²) in [6.07, 6.45) is 12.6. The van der Waals surface area contributed by atoms with Gasteiger partial charge in [0.2, 0.25) is 5.91 Å². The standard InChI is InChI=1S/C15H31NO2S/c1-3-4-5-6-7-8-9-10-11-12-13-16-15(17)14(2)18-19/h14,19H,3-13H2,1-2H3,(H,16,17). The number of unbranched alkanes of at least 4 members (excludes halogenated alkanes) is 9. The van der Waals surface area contributed by atoms with E-state index in [1.165, 1.54) is 57.8 Å². The first-order chi connectivity index (χ1) is 9.22. The highest BCUT2D eigenvalue weighted by Gasteiger charge is 2.10. The zero-order valence-electron chi connectivity index (χ0n) is 12.6. The molecule has 0 spiro atoms. The molecule has 1 N–H and O–H groups in total. The SMILES string of the molecule is CCCCCCCCCCCCNC(=O)C(C)OS. The van der Waals surface area contributed by atoms with Gasteiger partial charge in [-0.2, -0.15) is 0 Å². The minimum atomic E-state index is -0.466. The van der Waals surface area contributed by atoms with Gasteiger partial charge in [-0.3, -0.25) is 4.79 Å². The summed E-state index contributed by atoms with van der Waals surface area (Å²) in [5.74, 6) is -0.0778. The fourth-order valence-electron chi connectivity index (χ4n) is 2.02. The first kappa shape index (κ1) is 18.8. The van der Waals surface area contributed by atoms with E-state index in [9.17, 15) is 4.79 Å². The number of rotatable bonds is 13. The quantitative estimate of drug-likeness (QED) is 0.302. The van der Waals surface area contributed by atoms with Crippen LogP contribution in [0.15, 0.2) is 0 Å². The molecular weight excluding hydrogens is 258 g/mol. The summed E-state index contributed by atoms with van der Waals surface area (Å²) < 4.78 is 4.64.